The van der Waals surface area contributed by atoms with E-state index >= 15 is 0 Å². The molecule has 0 atom stereocenters. The van der Waals surface area contributed by atoms with Gasteiger partial charge in [-0.1, -0.05) is 0 Å². The zero-order valence-corrected chi connectivity index (χ0v) is 8.54. The molecule has 4 nitrogen and oxygen atoms in total. The van der Waals surface area contributed by atoms with Gasteiger partial charge < -0.3 is 9.30 Å². The minimum absolute atomic E-state index is 0.247. The van der Waals surface area contributed by atoms with Crippen LogP contribution in [-0.2, 0) is 11.5 Å². The molecular formula is C8H7BrN2O2. The van der Waals surface area contributed by atoms with Gasteiger partial charge in [-0.05, 0) is 22.0 Å². The van der Waals surface area contributed by atoms with Gasteiger partial charge in [-0.2, -0.15) is 5.26 Å². The monoisotopic (exact) mass is 242 g/mol. The number of aromatic nitrogens is 1. The molecule has 0 fully saturated rings. The third-order valence-electron chi connectivity index (χ3n) is 1.56. The third kappa shape index (κ3) is 1.79. The standard InChI is InChI=1S/C8H7BrN2O2/c1-13-5-11-7(3-10)2-6(4-12)8(11)9/h2,4H,5H2,1H3. The lowest BCUT2D eigenvalue weighted by atomic mass is 10.3. The second kappa shape index (κ2) is 4.21. The van der Waals surface area contributed by atoms with Gasteiger partial charge in [0.1, 0.15) is 18.5 Å². The fraction of sp³-hybridized carbons (Fsp3) is 0.250. The summed E-state index contributed by atoms with van der Waals surface area (Å²) < 4.78 is 7.02. The summed E-state index contributed by atoms with van der Waals surface area (Å²) >= 11 is 3.20. The van der Waals surface area contributed by atoms with Crippen molar-refractivity contribution in [2.24, 2.45) is 0 Å². The van der Waals surface area contributed by atoms with Gasteiger partial charge in [0.15, 0.2) is 6.29 Å². The summed E-state index contributed by atoms with van der Waals surface area (Å²) in [5, 5.41) is 8.72. The van der Waals surface area contributed by atoms with Gasteiger partial charge in [0.05, 0.1) is 4.60 Å². The van der Waals surface area contributed by atoms with Crippen molar-refractivity contribution in [3.05, 3.63) is 21.9 Å². The second-order valence-corrected chi connectivity index (χ2v) is 3.10. The molecule has 68 valence electrons. The molecule has 0 aromatic carbocycles. The zero-order chi connectivity index (χ0) is 9.84. The number of nitrogens with zero attached hydrogens (tertiary/aromatic N) is 2. The number of carbonyl (C=O) groups is 1. The molecule has 0 amide bonds. The van der Waals surface area contributed by atoms with Crippen LogP contribution >= 0.6 is 15.9 Å². The number of aldehydes is 1. The lowest BCUT2D eigenvalue weighted by Gasteiger charge is -2.03. The van der Waals surface area contributed by atoms with Crippen molar-refractivity contribution in [3.8, 4) is 6.07 Å². The van der Waals surface area contributed by atoms with Crippen molar-refractivity contribution >= 4 is 22.2 Å². The Morgan fingerprint density at radius 2 is 2.54 bits per heavy atom. The van der Waals surface area contributed by atoms with Crippen LogP contribution in [0.3, 0.4) is 0 Å². The van der Waals surface area contributed by atoms with E-state index in [1.165, 1.54) is 13.2 Å². The Labute approximate surface area is 83.8 Å². The van der Waals surface area contributed by atoms with Crippen molar-refractivity contribution in [3.63, 3.8) is 0 Å². The summed E-state index contributed by atoms with van der Waals surface area (Å²) in [7, 11) is 1.52. The molecule has 0 aliphatic carbocycles. The van der Waals surface area contributed by atoms with Gasteiger partial charge in [-0.3, -0.25) is 4.79 Å². The highest BCUT2D eigenvalue weighted by Crippen LogP contribution is 2.20. The predicted molar refractivity (Wildman–Crippen MR) is 49.2 cm³/mol. The van der Waals surface area contributed by atoms with Gasteiger partial charge in [0.25, 0.3) is 0 Å². The molecule has 1 aromatic rings. The number of hydrogen-bond acceptors (Lipinski definition) is 3. The van der Waals surface area contributed by atoms with Crippen LogP contribution in [0.2, 0.25) is 0 Å². The summed E-state index contributed by atoms with van der Waals surface area (Å²) in [4.78, 5) is 10.5. The molecule has 0 aliphatic heterocycles. The van der Waals surface area contributed by atoms with Gasteiger partial charge >= 0.3 is 0 Å². The summed E-state index contributed by atoms with van der Waals surface area (Å²) in [6.07, 6.45) is 0.692. The summed E-state index contributed by atoms with van der Waals surface area (Å²) in [5.74, 6) is 0. The quantitative estimate of drug-likeness (QED) is 0.756. The SMILES string of the molecule is COCn1c(C#N)cc(C=O)c1Br. The van der Waals surface area contributed by atoms with Crippen LogP contribution in [0.15, 0.2) is 10.7 Å². The average Bonchev–Trinajstić information content (AvgIpc) is 2.45. The smallest absolute Gasteiger partial charge is 0.152 e. The number of methoxy groups -OCH3 is 1. The summed E-state index contributed by atoms with van der Waals surface area (Å²) in [6, 6.07) is 3.48. The lowest BCUT2D eigenvalue weighted by Crippen LogP contribution is -2.02. The topological polar surface area (TPSA) is 55.0 Å². The predicted octanol–water partition coefficient (Wildman–Crippen LogP) is 1.54. The minimum Gasteiger partial charge on any atom is -0.364 e. The van der Waals surface area contributed by atoms with Crippen LogP contribution in [0, 0.1) is 11.3 Å². The molecular weight excluding hydrogens is 236 g/mol. The molecule has 0 saturated carbocycles. The van der Waals surface area contributed by atoms with Gasteiger partial charge in [-0.25, -0.2) is 0 Å². The van der Waals surface area contributed by atoms with E-state index in [9.17, 15) is 4.79 Å². The van der Waals surface area contributed by atoms with E-state index in [4.69, 9.17) is 10.00 Å². The minimum atomic E-state index is 0.247. The maximum absolute atomic E-state index is 10.5. The summed E-state index contributed by atoms with van der Waals surface area (Å²) in [6.45, 7) is 0.247. The maximum Gasteiger partial charge on any atom is 0.152 e. The molecule has 0 unspecified atom stereocenters. The highest BCUT2D eigenvalue weighted by molar-refractivity contribution is 9.10. The third-order valence-corrected chi connectivity index (χ3v) is 2.44. The molecule has 5 heteroatoms. The van der Waals surface area contributed by atoms with E-state index in [1.807, 2.05) is 6.07 Å². The molecule has 1 rings (SSSR count). The first-order chi connectivity index (χ1) is 6.24. The second-order valence-electron chi connectivity index (χ2n) is 2.35. The van der Waals surface area contributed by atoms with Crippen LogP contribution in [0.1, 0.15) is 16.1 Å². The average molecular weight is 243 g/mol. The normalized spacial score (nSPS) is 9.62. The van der Waals surface area contributed by atoms with Gasteiger partial charge in [0.2, 0.25) is 0 Å². The van der Waals surface area contributed by atoms with E-state index < -0.39 is 0 Å². The van der Waals surface area contributed by atoms with E-state index in [2.05, 4.69) is 15.9 Å². The van der Waals surface area contributed by atoms with E-state index in [1.54, 1.807) is 4.57 Å². The molecule has 0 aliphatic rings. The zero-order valence-electron chi connectivity index (χ0n) is 6.95. The lowest BCUT2D eigenvalue weighted by molar-refractivity contribution is 0.111. The molecule has 1 heterocycles. The maximum atomic E-state index is 10.5. The molecule has 13 heavy (non-hydrogen) atoms. The Kier molecular flexibility index (Phi) is 3.23. The Morgan fingerprint density at radius 1 is 1.85 bits per heavy atom. The van der Waals surface area contributed by atoms with Crippen LogP contribution in [-0.4, -0.2) is 18.0 Å². The number of rotatable bonds is 3. The van der Waals surface area contributed by atoms with Crippen molar-refractivity contribution in [2.75, 3.05) is 7.11 Å². The Morgan fingerprint density at radius 3 is 3.00 bits per heavy atom. The Balaban J connectivity index is 3.22. The first-order valence-electron chi connectivity index (χ1n) is 3.47. The highest BCUT2D eigenvalue weighted by Gasteiger charge is 2.11. The first-order valence-corrected chi connectivity index (χ1v) is 4.27. The van der Waals surface area contributed by atoms with Gasteiger partial charge in [-0.15, -0.1) is 0 Å². The molecule has 0 saturated heterocycles. The molecule has 1 aromatic heterocycles. The number of carbonyl (C=O) groups excluding carboxylic acids is 1. The van der Waals surface area contributed by atoms with Crippen LogP contribution in [0.5, 0.6) is 0 Å². The van der Waals surface area contributed by atoms with Crippen molar-refractivity contribution in [2.45, 2.75) is 6.73 Å². The number of hydrogen-bond donors (Lipinski definition) is 0. The largest absolute Gasteiger partial charge is 0.364 e. The van der Waals surface area contributed by atoms with E-state index in [0.717, 1.165) is 0 Å². The van der Waals surface area contributed by atoms with Crippen LogP contribution < -0.4 is 0 Å². The number of ether oxygens (including phenoxy) is 1. The summed E-state index contributed by atoms with van der Waals surface area (Å²) in [5.41, 5.74) is 0.851. The van der Waals surface area contributed by atoms with E-state index in [0.29, 0.717) is 22.1 Å². The Bertz CT molecular complexity index is 365. The Hall–Kier alpha value is -1.12. The van der Waals surface area contributed by atoms with Crippen molar-refractivity contribution in [1.82, 2.24) is 4.57 Å². The number of nitriles is 1. The van der Waals surface area contributed by atoms with Crippen molar-refractivity contribution < 1.29 is 9.53 Å². The van der Waals surface area contributed by atoms with Crippen LogP contribution in [0.4, 0.5) is 0 Å². The highest BCUT2D eigenvalue weighted by atomic mass is 79.9. The molecule has 0 bridgehead atoms. The number of halogens is 1. The molecule has 0 spiro atoms. The fourth-order valence-corrected chi connectivity index (χ4v) is 1.48. The first kappa shape index (κ1) is 9.96. The van der Waals surface area contributed by atoms with Crippen molar-refractivity contribution in [1.29, 1.82) is 5.26 Å². The fourth-order valence-electron chi connectivity index (χ4n) is 0.977. The van der Waals surface area contributed by atoms with Crippen LogP contribution in [0.25, 0.3) is 0 Å². The van der Waals surface area contributed by atoms with Gasteiger partial charge in [0, 0.05) is 12.7 Å². The molecule has 0 radical (unpaired) electrons. The molecule has 0 N–H and O–H groups in total. The van der Waals surface area contributed by atoms with E-state index in [-0.39, 0.29) is 6.73 Å².